The van der Waals surface area contributed by atoms with Gasteiger partial charge in [-0.05, 0) is 46.7 Å². The Balaban J connectivity index is 2.55. The van der Waals surface area contributed by atoms with Crippen molar-refractivity contribution in [3.05, 3.63) is 12.2 Å². The number of nitrogens with two attached hydrogens (primary N) is 1. The highest BCUT2D eigenvalue weighted by Crippen LogP contribution is 2.28. The number of piperazine rings is 1. The second kappa shape index (κ2) is 10.8. The number of rotatable bonds is 10. The molecule has 1 aliphatic heterocycles. The molecule has 0 saturated carbocycles. The number of likely N-dealkylation sites (N-methyl/N-ethyl adjacent to an activating group) is 2. The molecule has 1 rings (SSSR count). The van der Waals surface area contributed by atoms with E-state index in [0.29, 0.717) is 6.42 Å². The summed E-state index contributed by atoms with van der Waals surface area (Å²) in [5.74, 6) is 0. The molecular weight excluding hydrogens is 379 g/mol. The normalized spacial score (nSPS) is 21.7. The molecule has 27 heavy (non-hydrogen) atoms. The van der Waals surface area contributed by atoms with E-state index in [9.17, 15) is 0 Å². The Kier molecular flexibility index (Phi) is 10.1. The van der Waals surface area contributed by atoms with E-state index in [2.05, 4.69) is 68.6 Å². The first-order chi connectivity index (χ1) is 12.3. The third kappa shape index (κ3) is 8.59. The Morgan fingerprint density at radius 3 is 2.19 bits per heavy atom. The van der Waals surface area contributed by atoms with Crippen LogP contribution in [0.1, 0.15) is 41.0 Å². The minimum atomic E-state index is -0.151. The second-order valence-corrected chi connectivity index (χ2v) is 10.8. The van der Waals surface area contributed by atoms with Crippen LogP contribution in [0.15, 0.2) is 12.2 Å². The van der Waals surface area contributed by atoms with E-state index in [1.807, 2.05) is 6.92 Å². The molecule has 4 nitrogen and oxygen atoms in total. The minimum absolute atomic E-state index is 0.0312. The van der Waals surface area contributed by atoms with Crippen LogP contribution in [0, 0.1) is 5.41 Å². The summed E-state index contributed by atoms with van der Waals surface area (Å²) in [4.78, 5) is 7.27. The molecule has 0 aromatic rings. The van der Waals surface area contributed by atoms with Crippen LogP contribution in [0.4, 0.5) is 0 Å². The molecule has 2 unspecified atom stereocenters. The van der Waals surface area contributed by atoms with Crippen LogP contribution in [-0.4, -0.2) is 90.4 Å². The molecule has 0 spiro atoms. The summed E-state index contributed by atoms with van der Waals surface area (Å²) < 4.78 is 0. The van der Waals surface area contributed by atoms with Crippen LogP contribution in [0.5, 0.6) is 0 Å². The molecule has 1 fully saturated rings. The van der Waals surface area contributed by atoms with E-state index in [0.717, 1.165) is 39.3 Å². The third-order valence-corrected chi connectivity index (χ3v) is 7.03. The molecule has 160 valence electrons. The van der Waals surface area contributed by atoms with Gasteiger partial charge in [0.25, 0.3) is 0 Å². The molecule has 0 radical (unpaired) electrons. The quantitative estimate of drug-likeness (QED) is 0.433. The van der Waals surface area contributed by atoms with Crippen LogP contribution in [0.2, 0.25) is 0 Å². The van der Waals surface area contributed by atoms with Gasteiger partial charge in [0.1, 0.15) is 0 Å². The first-order valence-corrected chi connectivity index (χ1v) is 11.1. The summed E-state index contributed by atoms with van der Waals surface area (Å²) in [6, 6.07) is -0.0312. The van der Waals surface area contributed by atoms with Gasteiger partial charge in [-0.1, -0.05) is 26.0 Å². The Labute approximate surface area is 178 Å². The summed E-state index contributed by atoms with van der Waals surface area (Å²) in [6.07, 6.45) is 5.40. The molecule has 1 aliphatic rings. The monoisotopic (exact) mass is 420 g/mol. The highest BCUT2D eigenvalue weighted by Gasteiger charge is 2.35. The predicted molar refractivity (Wildman–Crippen MR) is 121 cm³/mol. The van der Waals surface area contributed by atoms with Gasteiger partial charge in [-0.2, -0.15) is 0 Å². The highest BCUT2D eigenvalue weighted by atomic mass is 35.5. The molecule has 0 amide bonds. The number of alkyl halides is 2. The highest BCUT2D eigenvalue weighted by molar-refractivity contribution is 6.29. The molecule has 6 heteroatoms. The zero-order chi connectivity index (χ0) is 20.8. The van der Waals surface area contributed by atoms with E-state index in [1.165, 1.54) is 0 Å². The number of halogens is 2. The zero-order valence-corrected chi connectivity index (χ0v) is 20.0. The third-order valence-electron chi connectivity index (χ3n) is 6.04. The molecule has 2 N–H and O–H groups in total. The lowest BCUT2D eigenvalue weighted by molar-refractivity contribution is 0.0914. The average Bonchev–Trinajstić information content (AvgIpc) is 2.55. The van der Waals surface area contributed by atoms with E-state index in [1.54, 1.807) is 0 Å². The van der Waals surface area contributed by atoms with Gasteiger partial charge in [0.15, 0.2) is 0 Å². The van der Waals surface area contributed by atoms with E-state index >= 15 is 0 Å². The van der Waals surface area contributed by atoms with Crippen LogP contribution >= 0.6 is 23.2 Å². The maximum absolute atomic E-state index is 6.51. The van der Waals surface area contributed by atoms with Crippen molar-refractivity contribution in [2.45, 2.75) is 63.4 Å². The second-order valence-electron chi connectivity index (χ2n) is 9.54. The largest absolute Gasteiger partial charge is 0.326 e. The average molecular weight is 422 g/mol. The van der Waals surface area contributed by atoms with Gasteiger partial charge in [-0.25, -0.2) is 0 Å². The van der Waals surface area contributed by atoms with Crippen molar-refractivity contribution in [2.75, 3.05) is 53.4 Å². The van der Waals surface area contributed by atoms with E-state index in [-0.39, 0.29) is 27.7 Å². The SMILES string of the molecule is CC(Cl)[C@H](Cl)CC(N)C(C)(C)N(C)CC(C)(C)/C=C\CN1CCN(C)CC1. The van der Waals surface area contributed by atoms with Crippen LogP contribution in [0.3, 0.4) is 0 Å². The summed E-state index contributed by atoms with van der Waals surface area (Å²) in [6.45, 7) is 17.5. The van der Waals surface area contributed by atoms with E-state index < -0.39 is 0 Å². The molecule has 1 heterocycles. The fraction of sp³-hybridized carbons (Fsp3) is 0.905. The predicted octanol–water partition coefficient (Wildman–Crippen LogP) is 3.48. The van der Waals surface area contributed by atoms with Crippen LogP contribution < -0.4 is 5.73 Å². The summed E-state index contributed by atoms with van der Waals surface area (Å²) in [5.41, 5.74) is 6.44. The Morgan fingerprint density at radius 1 is 1.11 bits per heavy atom. The molecule has 1 saturated heterocycles. The van der Waals surface area contributed by atoms with Gasteiger partial charge in [0.05, 0.1) is 5.38 Å². The van der Waals surface area contributed by atoms with E-state index in [4.69, 9.17) is 28.9 Å². The molecule has 3 atom stereocenters. The first kappa shape index (κ1) is 25.2. The topological polar surface area (TPSA) is 35.7 Å². The van der Waals surface area contributed by atoms with Gasteiger partial charge >= 0.3 is 0 Å². The summed E-state index contributed by atoms with van der Waals surface area (Å²) >= 11 is 12.5. The maximum atomic E-state index is 6.51. The van der Waals surface area contributed by atoms with Crippen molar-refractivity contribution in [3.63, 3.8) is 0 Å². The number of nitrogens with zero attached hydrogens (tertiary/aromatic N) is 3. The lowest BCUT2D eigenvalue weighted by Gasteiger charge is -2.44. The lowest BCUT2D eigenvalue weighted by Crippen LogP contribution is -2.57. The van der Waals surface area contributed by atoms with Crippen molar-refractivity contribution in [1.82, 2.24) is 14.7 Å². The molecule has 0 bridgehead atoms. The Bertz CT molecular complexity index is 457. The van der Waals surface area contributed by atoms with Gasteiger partial charge < -0.3 is 10.6 Å². The molecule has 0 aromatic heterocycles. The molecule has 0 aromatic carbocycles. The number of hydrogen-bond acceptors (Lipinski definition) is 4. The van der Waals surface area contributed by atoms with Crippen molar-refractivity contribution in [3.8, 4) is 0 Å². The van der Waals surface area contributed by atoms with Crippen molar-refractivity contribution in [2.24, 2.45) is 11.1 Å². The molecular formula is C21H42Cl2N4. The Morgan fingerprint density at radius 2 is 1.67 bits per heavy atom. The Hall–Kier alpha value is 0.160. The summed E-state index contributed by atoms with van der Waals surface area (Å²) in [7, 11) is 4.35. The minimum Gasteiger partial charge on any atom is -0.326 e. The van der Waals surface area contributed by atoms with Crippen LogP contribution in [0.25, 0.3) is 0 Å². The van der Waals surface area contributed by atoms with Crippen molar-refractivity contribution < 1.29 is 0 Å². The maximum Gasteiger partial charge on any atom is 0.0512 e. The number of hydrogen-bond donors (Lipinski definition) is 1. The fourth-order valence-electron chi connectivity index (χ4n) is 3.42. The lowest BCUT2D eigenvalue weighted by atomic mass is 9.85. The van der Waals surface area contributed by atoms with Gasteiger partial charge in [0.2, 0.25) is 0 Å². The standard InChI is InChI=1S/C21H42Cl2N4/c1-17(22)18(23)15-19(24)21(4,5)26(7)16-20(2,3)9-8-10-27-13-11-25(6)12-14-27/h8-9,17-19H,10-16,24H2,1-7H3/b9-8-/t17?,18-,19?/m1/s1. The van der Waals surface area contributed by atoms with Gasteiger partial charge in [0, 0.05) is 56.2 Å². The zero-order valence-electron chi connectivity index (χ0n) is 18.5. The van der Waals surface area contributed by atoms with Crippen molar-refractivity contribution >= 4 is 23.2 Å². The summed E-state index contributed by atoms with van der Waals surface area (Å²) in [5, 5.41) is -0.182. The van der Waals surface area contributed by atoms with Gasteiger partial charge in [-0.15, -0.1) is 23.2 Å². The van der Waals surface area contributed by atoms with Gasteiger partial charge in [-0.3, -0.25) is 9.80 Å². The first-order valence-electron chi connectivity index (χ1n) is 10.2. The smallest absolute Gasteiger partial charge is 0.0512 e. The fourth-order valence-corrected chi connectivity index (χ4v) is 3.72. The van der Waals surface area contributed by atoms with Crippen molar-refractivity contribution in [1.29, 1.82) is 0 Å². The molecule has 0 aliphatic carbocycles. The van der Waals surface area contributed by atoms with Crippen LogP contribution in [-0.2, 0) is 0 Å².